The molecule has 0 unspecified atom stereocenters. The summed E-state index contributed by atoms with van der Waals surface area (Å²) in [6, 6.07) is 16.6. The van der Waals surface area contributed by atoms with Crippen LogP contribution < -0.4 is 10.1 Å². The molecule has 0 amide bonds. The van der Waals surface area contributed by atoms with Crippen LogP contribution in [0.4, 0.5) is 5.69 Å². The molecule has 0 aliphatic rings. The van der Waals surface area contributed by atoms with Crippen molar-refractivity contribution in [2.45, 2.75) is 27.3 Å². The molecule has 128 valence electrons. The van der Waals surface area contributed by atoms with Crippen molar-refractivity contribution in [3.8, 4) is 23.1 Å². The van der Waals surface area contributed by atoms with E-state index in [1.807, 2.05) is 43.3 Å². The molecule has 3 rings (SSSR count). The Bertz CT molecular complexity index is 917. The molecule has 0 spiro atoms. The summed E-state index contributed by atoms with van der Waals surface area (Å²) in [6.07, 6.45) is 0. The molecule has 1 heterocycles. The van der Waals surface area contributed by atoms with Gasteiger partial charge in [0.1, 0.15) is 11.8 Å². The molecule has 0 atom stereocenters. The van der Waals surface area contributed by atoms with E-state index in [1.54, 1.807) is 0 Å². The minimum Gasteiger partial charge on any atom is -0.494 e. The number of benzene rings is 2. The fourth-order valence-corrected chi connectivity index (χ4v) is 3.28. The lowest BCUT2D eigenvalue weighted by molar-refractivity contribution is 0.340. The van der Waals surface area contributed by atoms with Gasteiger partial charge in [-0.3, -0.25) is 0 Å². The molecule has 25 heavy (non-hydrogen) atoms. The summed E-state index contributed by atoms with van der Waals surface area (Å²) in [6.45, 7) is 8.48. The molecule has 0 aliphatic heterocycles. The van der Waals surface area contributed by atoms with Crippen LogP contribution in [0, 0.1) is 11.3 Å². The quantitative estimate of drug-likeness (QED) is 0.688. The van der Waals surface area contributed by atoms with Gasteiger partial charge in [0.15, 0.2) is 0 Å². The van der Waals surface area contributed by atoms with E-state index in [-0.39, 0.29) is 0 Å². The van der Waals surface area contributed by atoms with Crippen LogP contribution in [-0.4, -0.2) is 17.7 Å². The highest BCUT2D eigenvalue weighted by Crippen LogP contribution is 2.35. The van der Waals surface area contributed by atoms with Crippen LogP contribution in [0.2, 0.25) is 0 Å². The molecule has 1 aromatic heterocycles. The van der Waals surface area contributed by atoms with Crippen molar-refractivity contribution in [2.24, 2.45) is 0 Å². The molecule has 0 fully saturated rings. The predicted octanol–water partition coefficient (Wildman–Crippen LogP) is 5.03. The van der Waals surface area contributed by atoms with Crippen molar-refractivity contribution < 1.29 is 4.74 Å². The van der Waals surface area contributed by atoms with Crippen LogP contribution in [0.5, 0.6) is 5.75 Å². The fourth-order valence-electron chi connectivity index (χ4n) is 3.28. The summed E-state index contributed by atoms with van der Waals surface area (Å²) in [5.41, 5.74) is 4.88. The number of aryl methyl sites for hydroxylation is 1. The van der Waals surface area contributed by atoms with Crippen LogP contribution in [0.15, 0.2) is 42.5 Å². The Kier molecular flexibility index (Phi) is 4.95. The van der Waals surface area contributed by atoms with Gasteiger partial charge in [-0.25, -0.2) is 0 Å². The first-order valence-electron chi connectivity index (χ1n) is 8.76. The van der Waals surface area contributed by atoms with Gasteiger partial charge >= 0.3 is 0 Å². The monoisotopic (exact) mass is 333 g/mol. The van der Waals surface area contributed by atoms with Gasteiger partial charge in [0, 0.05) is 24.2 Å². The fraction of sp³-hybridized carbons (Fsp3) is 0.286. The van der Waals surface area contributed by atoms with E-state index in [0.29, 0.717) is 6.61 Å². The van der Waals surface area contributed by atoms with Crippen LogP contribution in [0.1, 0.15) is 26.3 Å². The number of fused-ring (bicyclic) bond motifs is 1. The summed E-state index contributed by atoms with van der Waals surface area (Å²) >= 11 is 0. The number of ether oxygens (including phenoxy) is 1. The molecule has 0 saturated heterocycles. The van der Waals surface area contributed by atoms with Gasteiger partial charge in [-0.2, -0.15) is 5.26 Å². The molecule has 4 heteroatoms. The molecule has 0 saturated carbocycles. The van der Waals surface area contributed by atoms with E-state index in [2.05, 4.69) is 35.9 Å². The minimum atomic E-state index is 0.644. The number of nitrogens with zero attached hydrogens (tertiary/aromatic N) is 2. The Labute approximate surface area is 148 Å². The number of rotatable bonds is 6. The third-order valence-electron chi connectivity index (χ3n) is 4.31. The topological polar surface area (TPSA) is 50.0 Å². The lowest BCUT2D eigenvalue weighted by atomic mass is 10.1. The Morgan fingerprint density at radius 3 is 2.44 bits per heavy atom. The van der Waals surface area contributed by atoms with E-state index in [9.17, 15) is 5.26 Å². The average Bonchev–Trinajstić information content (AvgIpc) is 2.95. The normalized spacial score (nSPS) is 10.6. The SMILES string of the molecule is CCNc1ccc2c(C#N)c(-c3ccc(OCC)cc3)n(CC)c2c1. The van der Waals surface area contributed by atoms with Crippen LogP contribution in [0.25, 0.3) is 22.2 Å². The summed E-state index contributed by atoms with van der Waals surface area (Å²) < 4.78 is 7.74. The van der Waals surface area contributed by atoms with Crippen LogP contribution in [-0.2, 0) is 6.54 Å². The number of hydrogen-bond acceptors (Lipinski definition) is 3. The van der Waals surface area contributed by atoms with Gasteiger partial charge in [-0.05, 0) is 68.8 Å². The second-order valence-corrected chi connectivity index (χ2v) is 5.80. The summed E-state index contributed by atoms with van der Waals surface area (Å²) in [7, 11) is 0. The van der Waals surface area contributed by atoms with Crippen LogP contribution in [0.3, 0.4) is 0 Å². The van der Waals surface area contributed by atoms with E-state index in [1.165, 1.54) is 0 Å². The van der Waals surface area contributed by atoms with Gasteiger partial charge in [0.05, 0.1) is 23.4 Å². The molecule has 2 aromatic carbocycles. The molecular weight excluding hydrogens is 310 g/mol. The van der Waals surface area contributed by atoms with Crippen molar-refractivity contribution in [2.75, 3.05) is 18.5 Å². The number of nitriles is 1. The van der Waals surface area contributed by atoms with Crippen LogP contribution >= 0.6 is 0 Å². The molecular formula is C21H23N3O. The summed E-state index contributed by atoms with van der Waals surface area (Å²) in [4.78, 5) is 0. The molecule has 3 aromatic rings. The molecule has 0 bridgehead atoms. The number of anilines is 1. The maximum atomic E-state index is 9.79. The maximum absolute atomic E-state index is 9.79. The molecule has 4 nitrogen and oxygen atoms in total. The highest BCUT2D eigenvalue weighted by atomic mass is 16.5. The Hall–Kier alpha value is -2.93. The van der Waals surface area contributed by atoms with Gasteiger partial charge in [-0.15, -0.1) is 0 Å². The Morgan fingerprint density at radius 2 is 1.84 bits per heavy atom. The van der Waals surface area contributed by atoms with Crippen molar-refractivity contribution in [1.82, 2.24) is 4.57 Å². The highest BCUT2D eigenvalue weighted by molar-refractivity contribution is 5.96. The van der Waals surface area contributed by atoms with E-state index >= 15 is 0 Å². The minimum absolute atomic E-state index is 0.644. The zero-order valence-electron chi connectivity index (χ0n) is 15.0. The van der Waals surface area contributed by atoms with E-state index in [4.69, 9.17) is 4.74 Å². The second kappa shape index (κ2) is 7.31. The van der Waals surface area contributed by atoms with Gasteiger partial charge in [0.25, 0.3) is 0 Å². The first-order chi connectivity index (χ1) is 12.2. The second-order valence-electron chi connectivity index (χ2n) is 5.80. The van der Waals surface area contributed by atoms with Crippen molar-refractivity contribution >= 4 is 16.6 Å². The smallest absolute Gasteiger partial charge is 0.119 e. The van der Waals surface area contributed by atoms with Gasteiger partial charge in [0.2, 0.25) is 0 Å². The zero-order chi connectivity index (χ0) is 17.8. The largest absolute Gasteiger partial charge is 0.494 e. The summed E-state index contributed by atoms with van der Waals surface area (Å²) in [5, 5.41) is 14.1. The van der Waals surface area contributed by atoms with E-state index in [0.717, 1.165) is 52.3 Å². The summed E-state index contributed by atoms with van der Waals surface area (Å²) in [5.74, 6) is 0.846. The third-order valence-corrected chi connectivity index (χ3v) is 4.31. The Balaban J connectivity index is 2.20. The predicted molar refractivity (Wildman–Crippen MR) is 103 cm³/mol. The first-order valence-corrected chi connectivity index (χ1v) is 8.76. The molecule has 1 N–H and O–H groups in total. The standard InChI is InChI=1S/C21H23N3O/c1-4-23-16-9-12-18-19(14-22)21(24(5-2)20(18)13-16)15-7-10-17(11-8-15)25-6-3/h7-13,23H,4-6H2,1-3H3. The average molecular weight is 333 g/mol. The van der Waals surface area contributed by atoms with E-state index < -0.39 is 0 Å². The van der Waals surface area contributed by atoms with Gasteiger partial charge in [-0.1, -0.05) is 0 Å². The lowest BCUT2D eigenvalue weighted by Gasteiger charge is -2.10. The number of hydrogen-bond donors (Lipinski definition) is 1. The maximum Gasteiger partial charge on any atom is 0.119 e. The molecule has 0 aliphatic carbocycles. The first kappa shape index (κ1) is 16.9. The highest BCUT2D eigenvalue weighted by Gasteiger charge is 2.18. The zero-order valence-corrected chi connectivity index (χ0v) is 15.0. The Morgan fingerprint density at radius 1 is 1.08 bits per heavy atom. The van der Waals surface area contributed by atoms with Gasteiger partial charge < -0.3 is 14.6 Å². The van der Waals surface area contributed by atoms with Crippen molar-refractivity contribution in [1.29, 1.82) is 5.26 Å². The van der Waals surface area contributed by atoms with Crippen molar-refractivity contribution in [3.63, 3.8) is 0 Å². The lowest BCUT2D eigenvalue weighted by Crippen LogP contribution is -1.99. The number of aromatic nitrogens is 1. The molecule has 0 radical (unpaired) electrons. The van der Waals surface area contributed by atoms with Crippen molar-refractivity contribution in [3.05, 3.63) is 48.0 Å². The third kappa shape index (κ3) is 3.06. The number of nitrogens with one attached hydrogen (secondary N) is 1.